The van der Waals surface area contributed by atoms with E-state index >= 15 is 0 Å². The van der Waals surface area contributed by atoms with Crippen LogP contribution in [0.25, 0.3) is 0 Å². The molecule has 0 heterocycles. The molecule has 0 fully saturated rings. The Balaban J connectivity index is 0.000000202. The SMILES string of the molecule is C#Cc1c(C)cc(C)cc1C.c1ccccc1. The van der Waals surface area contributed by atoms with E-state index in [4.69, 9.17) is 6.42 Å². The quantitative estimate of drug-likeness (QED) is 0.584. The number of aryl methyl sites for hydroxylation is 3. The first kappa shape index (κ1) is 13.1. The molecular weight excluding hydrogens is 204 g/mol. The lowest BCUT2D eigenvalue weighted by Crippen LogP contribution is -1.88. The maximum atomic E-state index is 5.35. The lowest BCUT2D eigenvalue weighted by Gasteiger charge is -2.03. The molecule has 0 aromatic heterocycles. The van der Waals surface area contributed by atoms with Crippen molar-refractivity contribution >= 4 is 0 Å². The summed E-state index contributed by atoms with van der Waals surface area (Å²) in [4.78, 5) is 0. The van der Waals surface area contributed by atoms with Crippen LogP contribution in [-0.2, 0) is 0 Å². The minimum Gasteiger partial charge on any atom is -0.115 e. The van der Waals surface area contributed by atoms with E-state index in [2.05, 4.69) is 38.8 Å². The Morgan fingerprint density at radius 1 is 0.765 bits per heavy atom. The third-order valence-electron chi connectivity index (χ3n) is 2.49. The van der Waals surface area contributed by atoms with Crippen LogP contribution in [-0.4, -0.2) is 0 Å². The summed E-state index contributed by atoms with van der Waals surface area (Å²) in [6, 6.07) is 16.2. The summed E-state index contributed by atoms with van der Waals surface area (Å²) in [5.41, 5.74) is 4.71. The van der Waals surface area contributed by atoms with E-state index in [-0.39, 0.29) is 0 Å². The largest absolute Gasteiger partial charge is 0.115 e. The highest BCUT2D eigenvalue weighted by atomic mass is 14.0. The highest BCUT2D eigenvalue weighted by Gasteiger charge is 1.98. The fraction of sp³-hybridized carbons (Fsp3) is 0.176. The van der Waals surface area contributed by atoms with Gasteiger partial charge in [-0.25, -0.2) is 0 Å². The van der Waals surface area contributed by atoms with Gasteiger partial charge in [0.2, 0.25) is 0 Å². The summed E-state index contributed by atoms with van der Waals surface area (Å²) < 4.78 is 0. The number of benzene rings is 2. The first-order valence-corrected chi connectivity index (χ1v) is 5.69. The Kier molecular flexibility index (Phi) is 5.04. The van der Waals surface area contributed by atoms with Gasteiger partial charge in [0.05, 0.1) is 0 Å². The van der Waals surface area contributed by atoms with Crippen molar-refractivity contribution < 1.29 is 0 Å². The smallest absolute Gasteiger partial charge is 0.0301 e. The van der Waals surface area contributed by atoms with Crippen LogP contribution >= 0.6 is 0 Å². The zero-order chi connectivity index (χ0) is 12.7. The molecule has 0 radical (unpaired) electrons. The molecule has 0 nitrogen and oxygen atoms in total. The topological polar surface area (TPSA) is 0 Å². The van der Waals surface area contributed by atoms with Crippen LogP contribution < -0.4 is 0 Å². The standard InChI is InChI=1S/C11H12.C6H6/c1-5-11-9(3)6-8(2)7-10(11)4;1-2-4-6-5-3-1/h1,6-7H,2-4H3;1-6H. The van der Waals surface area contributed by atoms with E-state index < -0.39 is 0 Å². The zero-order valence-electron chi connectivity index (χ0n) is 10.7. The maximum Gasteiger partial charge on any atom is 0.0301 e. The summed E-state index contributed by atoms with van der Waals surface area (Å²) in [5.74, 6) is 2.69. The van der Waals surface area contributed by atoms with Gasteiger partial charge in [0.25, 0.3) is 0 Å². The van der Waals surface area contributed by atoms with Crippen molar-refractivity contribution in [1.82, 2.24) is 0 Å². The third-order valence-corrected chi connectivity index (χ3v) is 2.49. The van der Waals surface area contributed by atoms with Crippen molar-refractivity contribution in [2.75, 3.05) is 0 Å². The van der Waals surface area contributed by atoms with Crippen molar-refractivity contribution in [2.24, 2.45) is 0 Å². The molecule has 0 aliphatic carbocycles. The molecule has 0 saturated heterocycles. The van der Waals surface area contributed by atoms with Gasteiger partial charge >= 0.3 is 0 Å². The van der Waals surface area contributed by atoms with Crippen LogP contribution in [0.5, 0.6) is 0 Å². The molecule has 0 unspecified atom stereocenters. The Morgan fingerprint density at radius 2 is 1.12 bits per heavy atom. The molecule has 0 bridgehead atoms. The van der Waals surface area contributed by atoms with Gasteiger partial charge in [-0.15, -0.1) is 6.42 Å². The fourth-order valence-electron chi connectivity index (χ4n) is 1.79. The van der Waals surface area contributed by atoms with Crippen molar-refractivity contribution in [1.29, 1.82) is 0 Å². The first-order chi connectivity index (χ1) is 8.15. The van der Waals surface area contributed by atoms with Gasteiger partial charge in [0.15, 0.2) is 0 Å². The van der Waals surface area contributed by atoms with Gasteiger partial charge in [-0.05, 0) is 31.9 Å². The molecule has 2 rings (SSSR count). The van der Waals surface area contributed by atoms with Gasteiger partial charge in [0, 0.05) is 5.56 Å². The summed E-state index contributed by atoms with van der Waals surface area (Å²) in [5, 5.41) is 0. The van der Waals surface area contributed by atoms with E-state index in [1.807, 2.05) is 36.4 Å². The fourth-order valence-corrected chi connectivity index (χ4v) is 1.79. The van der Waals surface area contributed by atoms with E-state index in [1.165, 1.54) is 16.7 Å². The van der Waals surface area contributed by atoms with Crippen molar-refractivity contribution in [2.45, 2.75) is 20.8 Å². The Bertz CT molecular complexity index is 452. The number of rotatable bonds is 0. The normalized spacial score (nSPS) is 8.82. The number of hydrogen-bond donors (Lipinski definition) is 0. The lowest BCUT2D eigenvalue weighted by molar-refractivity contribution is 1.30. The molecule has 0 aliphatic rings. The molecule has 0 aliphatic heterocycles. The second kappa shape index (κ2) is 6.55. The molecule has 2 aromatic carbocycles. The Labute approximate surface area is 104 Å². The zero-order valence-corrected chi connectivity index (χ0v) is 10.7. The number of terminal acetylenes is 1. The molecular formula is C17H18. The van der Waals surface area contributed by atoms with Gasteiger partial charge in [-0.2, -0.15) is 0 Å². The van der Waals surface area contributed by atoms with Crippen molar-refractivity contribution in [3.05, 3.63) is 70.8 Å². The molecule has 0 heteroatoms. The average Bonchev–Trinajstić information content (AvgIpc) is 2.31. The lowest BCUT2D eigenvalue weighted by atomic mass is 10.0. The van der Waals surface area contributed by atoms with E-state index in [9.17, 15) is 0 Å². The Hall–Kier alpha value is -2.00. The predicted octanol–water partition coefficient (Wildman–Crippen LogP) is 4.28. The van der Waals surface area contributed by atoms with E-state index in [1.54, 1.807) is 0 Å². The van der Waals surface area contributed by atoms with Crippen LogP contribution in [0.15, 0.2) is 48.5 Å². The van der Waals surface area contributed by atoms with Crippen LogP contribution in [0.3, 0.4) is 0 Å². The maximum absolute atomic E-state index is 5.35. The highest BCUT2D eigenvalue weighted by Crippen LogP contribution is 2.14. The summed E-state index contributed by atoms with van der Waals surface area (Å²) in [7, 11) is 0. The van der Waals surface area contributed by atoms with Gasteiger partial charge in [-0.3, -0.25) is 0 Å². The van der Waals surface area contributed by atoms with E-state index in [0.29, 0.717) is 0 Å². The molecule has 0 atom stereocenters. The summed E-state index contributed by atoms with van der Waals surface area (Å²) in [6.07, 6.45) is 5.35. The first-order valence-electron chi connectivity index (χ1n) is 5.69. The molecule has 86 valence electrons. The van der Waals surface area contributed by atoms with Crippen molar-refractivity contribution in [3.8, 4) is 12.3 Å². The molecule has 2 aromatic rings. The minimum absolute atomic E-state index is 1.04. The van der Waals surface area contributed by atoms with Crippen LogP contribution in [0.4, 0.5) is 0 Å². The molecule has 17 heavy (non-hydrogen) atoms. The number of hydrogen-bond acceptors (Lipinski definition) is 0. The predicted molar refractivity (Wildman–Crippen MR) is 75.0 cm³/mol. The second-order valence-electron chi connectivity index (χ2n) is 4.07. The van der Waals surface area contributed by atoms with Crippen molar-refractivity contribution in [3.63, 3.8) is 0 Å². The van der Waals surface area contributed by atoms with Crippen LogP contribution in [0.1, 0.15) is 22.3 Å². The molecule has 0 saturated carbocycles. The molecule has 0 N–H and O–H groups in total. The van der Waals surface area contributed by atoms with E-state index in [0.717, 1.165) is 5.56 Å². The monoisotopic (exact) mass is 222 g/mol. The van der Waals surface area contributed by atoms with Gasteiger partial charge in [0.1, 0.15) is 0 Å². The summed E-state index contributed by atoms with van der Waals surface area (Å²) in [6.45, 7) is 6.19. The second-order valence-corrected chi connectivity index (χ2v) is 4.07. The summed E-state index contributed by atoms with van der Waals surface area (Å²) >= 11 is 0. The third kappa shape index (κ3) is 4.17. The molecule has 0 spiro atoms. The van der Waals surface area contributed by atoms with Crippen LogP contribution in [0, 0.1) is 33.1 Å². The van der Waals surface area contributed by atoms with Crippen LogP contribution in [0.2, 0.25) is 0 Å². The molecule has 0 amide bonds. The van der Waals surface area contributed by atoms with Gasteiger partial charge < -0.3 is 0 Å². The highest BCUT2D eigenvalue weighted by molar-refractivity contribution is 5.47. The Morgan fingerprint density at radius 3 is 1.41 bits per heavy atom. The minimum atomic E-state index is 1.04. The average molecular weight is 222 g/mol. The van der Waals surface area contributed by atoms with Gasteiger partial charge in [-0.1, -0.05) is 60.0 Å².